The van der Waals surface area contributed by atoms with Crippen molar-refractivity contribution in [1.29, 1.82) is 0 Å². The molecule has 1 heterocycles. The summed E-state index contributed by atoms with van der Waals surface area (Å²) in [5.74, 6) is -1.12. The van der Waals surface area contributed by atoms with E-state index in [0.29, 0.717) is 11.3 Å². The lowest BCUT2D eigenvalue weighted by Crippen LogP contribution is -2.63. The number of carbonyl (C=O) groups is 2. The Labute approximate surface area is 110 Å². The zero-order valence-electron chi connectivity index (χ0n) is 10.9. The maximum atomic E-state index is 13.2. The first-order valence-electron chi connectivity index (χ1n) is 5.94. The van der Waals surface area contributed by atoms with E-state index < -0.39 is 11.4 Å². The number of rotatable bonds is 2. The van der Waals surface area contributed by atoms with Crippen molar-refractivity contribution in [3.8, 4) is 0 Å². The minimum absolute atomic E-state index is 0.0781. The molecule has 2 rings (SSSR count). The molecule has 0 radical (unpaired) electrons. The van der Waals surface area contributed by atoms with Crippen molar-refractivity contribution >= 4 is 17.5 Å². The van der Waals surface area contributed by atoms with Crippen molar-refractivity contribution in [2.45, 2.75) is 25.9 Å². The molecule has 19 heavy (non-hydrogen) atoms. The van der Waals surface area contributed by atoms with Crippen LogP contribution in [-0.4, -0.2) is 28.8 Å². The summed E-state index contributed by atoms with van der Waals surface area (Å²) >= 11 is 0. The second kappa shape index (κ2) is 4.62. The van der Waals surface area contributed by atoms with E-state index in [1.54, 1.807) is 18.7 Å². The van der Waals surface area contributed by atoms with Gasteiger partial charge in [-0.2, -0.15) is 0 Å². The monoisotopic (exact) mass is 265 g/mol. The number of piperazine rings is 1. The zero-order chi connectivity index (χ0) is 14.2. The number of amides is 2. The van der Waals surface area contributed by atoms with Crippen molar-refractivity contribution in [2.24, 2.45) is 0 Å². The standard InChI is InChI=1S/C13H16FN3O2/c1-13(2)12(19)16-11(18)7-17(13)6-8-5-9(14)3-4-10(8)15/h3-5H,6-7,15H2,1-2H3,(H,16,18,19). The molecule has 0 bridgehead atoms. The number of imide groups is 1. The van der Waals surface area contributed by atoms with Gasteiger partial charge >= 0.3 is 0 Å². The Bertz CT molecular complexity index is 543. The highest BCUT2D eigenvalue weighted by Crippen LogP contribution is 2.23. The number of halogens is 1. The van der Waals surface area contributed by atoms with Gasteiger partial charge in [0.25, 0.3) is 0 Å². The normalized spacial score (nSPS) is 19.3. The van der Waals surface area contributed by atoms with E-state index >= 15 is 0 Å². The van der Waals surface area contributed by atoms with Crippen LogP contribution >= 0.6 is 0 Å². The first-order valence-corrected chi connectivity index (χ1v) is 5.94. The molecular formula is C13H16FN3O2. The maximum Gasteiger partial charge on any atom is 0.246 e. The highest BCUT2D eigenvalue weighted by molar-refractivity contribution is 6.02. The van der Waals surface area contributed by atoms with Gasteiger partial charge in [-0.25, -0.2) is 4.39 Å². The summed E-state index contributed by atoms with van der Waals surface area (Å²) in [6, 6.07) is 4.07. The van der Waals surface area contributed by atoms with Crippen molar-refractivity contribution in [1.82, 2.24) is 10.2 Å². The van der Waals surface area contributed by atoms with Crippen LogP contribution in [0.25, 0.3) is 0 Å². The van der Waals surface area contributed by atoms with Gasteiger partial charge in [-0.05, 0) is 37.6 Å². The zero-order valence-corrected chi connectivity index (χ0v) is 10.9. The summed E-state index contributed by atoms with van der Waals surface area (Å²) < 4.78 is 13.2. The Hall–Kier alpha value is -1.95. The number of anilines is 1. The fourth-order valence-corrected chi connectivity index (χ4v) is 2.00. The molecule has 1 aromatic rings. The quantitative estimate of drug-likeness (QED) is 0.608. The van der Waals surface area contributed by atoms with Gasteiger partial charge < -0.3 is 5.73 Å². The summed E-state index contributed by atoms with van der Waals surface area (Å²) in [5.41, 5.74) is 5.95. The molecule has 0 unspecified atom stereocenters. The third kappa shape index (κ3) is 2.58. The molecule has 5 nitrogen and oxygen atoms in total. The molecule has 1 aromatic carbocycles. The average Bonchev–Trinajstić information content (AvgIpc) is 2.31. The minimum Gasteiger partial charge on any atom is -0.398 e. The third-order valence-electron chi connectivity index (χ3n) is 3.40. The van der Waals surface area contributed by atoms with Crippen LogP contribution in [0.4, 0.5) is 10.1 Å². The van der Waals surface area contributed by atoms with E-state index in [4.69, 9.17) is 5.73 Å². The number of nitrogen functional groups attached to an aromatic ring is 1. The molecule has 6 heteroatoms. The van der Waals surface area contributed by atoms with E-state index in [2.05, 4.69) is 5.32 Å². The van der Waals surface area contributed by atoms with E-state index in [1.165, 1.54) is 18.2 Å². The lowest BCUT2D eigenvalue weighted by molar-refractivity contribution is -0.145. The van der Waals surface area contributed by atoms with Gasteiger partial charge in [-0.1, -0.05) is 0 Å². The van der Waals surface area contributed by atoms with Crippen molar-refractivity contribution in [2.75, 3.05) is 12.3 Å². The molecule has 0 saturated carbocycles. The fraction of sp³-hybridized carbons (Fsp3) is 0.385. The Balaban J connectivity index is 2.28. The number of hydrogen-bond acceptors (Lipinski definition) is 4. The SMILES string of the molecule is CC1(C)C(=O)NC(=O)CN1Cc1cc(F)ccc1N. The number of nitrogens with two attached hydrogens (primary N) is 1. The van der Waals surface area contributed by atoms with Crippen LogP contribution in [0.5, 0.6) is 0 Å². The number of nitrogens with zero attached hydrogens (tertiary/aromatic N) is 1. The molecule has 0 aliphatic carbocycles. The number of nitrogens with one attached hydrogen (secondary N) is 1. The summed E-state index contributed by atoms with van der Waals surface area (Å²) in [6.07, 6.45) is 0. The maximum absolute atomic E-state index is 13.2. The van der Waals surface area contributed by atoms with E-state index in [0.717, 1.165) is 0 Å². The van der Waals surface area contributed by atoms with Crippen LogP contribution in [-0.2, 0) is 16.1 Å². The predicted molar refractivity (Wildman–Crippen MR) is 68.5 cm³/mol. The van der Waals surface area contributed by atoms with Gasteiger partial charge in [0, 0.05) is 12.2 Å². The summed E-state index contributed by atoms with van der Waals surface area (Å²) in [5, 5.41) is 2.29. The van der Waals surface area contributed by atoms with E-state index in [-0.39, 0.29) is 24.9 Å². The van der Waals surface area contributed by atoms with Gasteiger partial charge in [-0.3, -0.25) is 19.8 Å². The van der Waals surface area contributed by atoms with Crippen LogP contribution < -0.4 is 11.1 Å². The molecular weight excluding hydrogens is 249 g/mol. The molecule has 0 atom stereocenters. The molecule has 3 N–H and O–H groups in total. The topological polar surface area (TPSA) is 75.4 Å². The number of hydrogen-bond donors (Lipinski definition) is 2. The molecule has 0 spiro atoms. The highest BCUT2D eigenvalue weighted by atomic mass is 19.1. The molecule has 102 valence electrons. The first-order chi connectivity index (χ1) is 8.80. The number of carbonyl (C=O) groups excluding carboxylic acids is 2. The van der Waals surface area contributed by atoms with Crippen LogP contribution in [0.2, 0.25) is 0 Å². The van der Waals surface area contributed by atoms with Gasteiger partial charge in [0.15, 0.2) is 0 Å². The largest absolute Gasteiger partial charge is 0.398 e. The van der Waals surface area contributed by atoms with E-state index in [1.807, 2.05) is 0 Å². The fourth-order valence-electron chi connectivity index (χ4n) is 2.00. The minimum atomic E-state index is -0.841. The Morgan fingerprint density at radius 2 is 2.11 bits per heavy atom. The molecule has 0 aromatic heterocycles. The average molecular weight is 265 g/mol. The predicted octanol–water partition coefficient (Wildman–Crippen LogP) is 0.645. The lowest BCUT2D eigenvalue weighted by Gasteiger charge is -2.40. The highest BCUT2D eigenvalue weighted by Gasteiger charge is 2.40. The molecule has 1 aliphatic heterocycles. The van der Waals surface area contributed by atoms with Crippen molar-refractivity contribution in [3.63, 3.8) is 0 Å². The summed E-state index contributed by atoms with van der Waals surface area (Å²) in [4.78, 5) is 24.9. The molecule has 1 fully saturated rings. The molecule has 1 aliphatic rings. The Morgan fingerprint density at radius 1 is 1.42 bits per heavy atom. The van der Waals surface area contributed by atoms with Crippen molar-refractivity contribution in [3.05, 3.63) is 29.6 Å². The van der Waals surface area contributed by atoms with Gasteiger partial charge in [-0.15, -0.1) is 0 Å². The first kappa shape index (κ1) is 13.5. The smallest absolute Gasteiger partial charge is 0.246 e. The second-order valence-corrected chi connectivity index (χ2v) is 5.14. The summed E-state index contributed by atoms with van der Waals surface area (Å²) in [6.45, 7) is 3.75. The Kier molecular flexibility index (Phi) is 3.28. The van der Waals surface area contributed by atoms with Gasteiger partial charge in [0.2, 0.25) is 11.8 Å². The van der Waals surface area contributed by atoms with Crippen molar-refractivity contribution < 1.29 is 14.0 Å². The Morgan fingerprint density at radius 3 is 2.79 bits per heavy atom. The van der Waals surface area contributed by atoms with Crippen LogP contribution in [0.3, 0.4) is 0 Å². The van der Waals surface area contributed by atoms with Crippen LogP contribution in [0, 0.1) is 5.82 Å². The van der Waals surface area contributed by atoms with Crippen LogP contribution in [0.15, 0.2) is 18.2 Å². The lowest BCUT2D eigenvalue weighted by atomic mass is 9.97. The van der Waals surface area contributed by atoms with Gasteiger partial charge in [0.05, 0.1) is 12.1 Å². The number of benzene rings is 1. The molecule has 2 amide bonds. The second-order valence-electron chi connectivity index (χ2n) is 5.14. The van der Waals surface area contributed by atoms with Gasteiger partial charge in [0.1, 0.15) is 5.82 Å². The summed E-state index contributed by atoms with van der Waals surface area (Å²) in [7, 11) is 0. The van der Waals surface area contributed by atoms with Crippen LogP contribution in [0.1, 0.15) is 19.4 Å². The molecule has 1 saturated heterocycles. The third-order valence-corrected chi connectivity index (χ3v) is 3.40. The van der Waals surface area contributed by atoms with E-state index in [9.17, 15) is 14.0 Å².